The molecule has 0 aromatic carbocycles. The molecule has 2 aromatic heterocycles. The summed E-state index contributed by atoms with van der Waals surface area (Å²) < 4.78 is 12.9. The van der Waals surface area contributed by atoms with Crippen molar-refractivity contribution in [2.24, 2.45) is 5.73 Å². The number of aliphatic hydroxyl groups excluding tert-OH is 4. The first-order valence-corrected chi connectivity index (χ1v) is 9.37. The third-order valence-electron chi connectivity index (χ3n) is 4.62. The van der Waals surface area contributed by atoms with E-state index in [-0.39, 0.29) is 24.4 Å². The number of ether oxygens (including phenoxy) is 2. The van der Waals surface area contributed by atoms with Crippen LogP contribution in [-0.4, -0.2) is 88.3 Å². The van der Waals surface area contributed by atoms with Crippen molar-refractivity contribution in [3.05, 3.63) is 47.1 Å². The molecule has 2 aliphatic rings. The van der Waals surface area contributed by atoms with Crippen LogP contribution in [0.4, 0.5) is 5.82 Å². The number of aromatic nitrogens is 5. The Bertz CT molecular complexity index is 1020. The molecule has 0 radical (unpaired) electrons. The van der Waals surface area contributed by atoms with Crippen LogP contribution in [-0.2, 0) is 9.47 Å². The lowest BCUT2D eigenvalue weighted by Gasteiger charge is -2.14. The van der Waals surface area contributed by atoms with Crippen LogP contribution in [0.15, 0.2) is 35.5 Å². The Morgan fingerprint density at radius 3 is 2.44 bits per heavy atom. The second-order valence-electron chi connectivity index (χ2n) is 6.82. The van der Waals surface area contributed by atoms with E-state index in [2.05, 4.69) is 15.1 Å². The average Bonchev–Trinajstić information content (AvgIpc) is 3.49. The summed E-state index contributed by atoms with van der Waals surface area (Å²) in [4.78, 5) is 29.4. The number of carbonyl (C=O) groups is 1. The topological polar surface area (TPSA) is 234 Å². The van der Waals surface area contributed by atoms with Crippen molar-refractivity contribution < 1.29 is 34.7 Å². The van der Waals surface area contributed by atoms with Crippen LogP contribution in [0.1, 0.15) is 23.1 Å². The maximum absolute atomic E-state index is 11.4. The number of nitrogens with zero attached hydrogens (tertiary/aromatic N) is 5. The number of hydrogen-bond acceptors (Lipinski definition) is 12. The van der Waals surface area contributed by atoms with Gasteiger partial charge in [-0.1, -0.05) is 6.08 Å². The zero-order chi connectivity index (χ0) is 23.4. The van der Waals surface area contributed by atoms with Gasteiger partial charge in [0.15, 0.2) is 12.5 Å². The molecule has 8 N–H and O–H groups in total. The highest BCUT2D eigenvalue weighted by atomic mass is 16.6. The van der Waals surface area contributed by atoms with Crippen molar-refractivity contribution in [3.63, 3.8) is 0 Å². The van der Waals surface area contributed by atoms with Gasteiger partial charge in [-0.3, -0.25) is 9.36 Å². The van der Waals surface area contributed by atoms with Crippen LogP contribution in [0.2, 0.25) is 0 Å². The van der Waals surface area contributed by atoms with Gasteiger partial charge in [0.1, 0.15) is 36.6 Å². The Kier molecular flexibility index (Phi) is 7.29. The molecule has 4 rings (SSSR count). The zero-order valence-electron chi connectivity index (χ0n) is 16.6. The predicted octanol–water partition coefficient (Wildman–Crippen LogP) is -3.74. The Hall–Kier alpha value is -3.21. The maximum atomic E-state index is 11.4. The fraction of sp³-hybridized carbons (Fsp3) is 0.471. The molecule has 174 valence electrons. The minimum atomic E-state index is -1.27. The highest BCUT2D eigenvalue weighted by molar-refractivity contribution is 5.88. The first kappa shape index (κ1) is 23.5. The van der Waals surface area contributed by atoms with Gasteiger partial charge in [-0.05, 0) is 12.1 Å². The van der Waals surface area contributed by atoms with Crippen LogP contribution in [0.3, 0.4) is 0 Å². The quantitative estimate of drug-likeness (QED) is 0.240. The molecule has 0 saturated carbocycles. The summed E-state index contributed by atoms with van der Waals surface area (Å²) in [5.41, 5.74) is 9.86. The largest absolute Gasteiger partial charge is 0.394 e. The van der Waals surface area contributed by atoms with E-state index in [9.17, 15) is 19.8 Å². The van der Waals surface area contributed by atoms with Crippen molar-refractivity contribution in [1.29, 1.82) is 0 Å². The molecular weight excluding hydrogens is 430 g/mol. The van der Waals surface area contributed by atoms with Gasteiger partial charge in [0, 0.05) is 6.20 Å². The van der Waals surface area contributed by atoms with Gasteiger partial charge in [-0.2, -0.15) is 4.98 Å². The lowest BCUT2D eigenvalue weighted by Crippen LogP contribution is -2.33. The number of rotatable bonds is 5. The second kappa shape index (κ2) is 9.94. The smallest absolute Gasteiger partial charge is 0.351 e. The minimum Gasteiger partial charge on any atom is -0.394 e. The molecule has 2 aliphatic heterocycles. The molecular formula is C17H23N7O8. The Balaban J connectivity index is 0.000000182. The number of primary amides is 1. The highest BCUT2D eigenvalue weighted by Crippen LogP contribution is 2.28. The van der Waals surface area contributed by atoms with Crippen LogP contribution in [0.5, 0.6) is 0 Å². The van der Waals surface area contributed by atoms with Crippen LogP contribution in [0.25, 0.3) is 0 Å². The Labute approximate surface area is 180 Å². The van der Waals surface area contributed by atoms with E-state index in [0.717, 1.165) is 11.0 Å². The predicted molar refractivity (Wildman–Crippen MR) is 105 cm³/mol. The molecule has 0 aliphatic carbocycles. The lowest BCUT2D eigenvalue weighted by atomic mass is 10.1. The van der Waals surface area contributed by atoms with Crippen LogP contribution < -0.4 is 17.2 Å². The van der Waals surface area contributed by atoms with Crippen molar-refractivity contribution in [2.45, 2.75) is 36.9 Å². The van der Waals surface area contributed by atoms with E-state index < -0.39 is 49.0 Å². The maximum Gasteiger partial charge on any atom is 0.351 e. The molecule has 0 unspecified atom stereocenters. The SMILES string of the molecule is NC(=O)c1ncn([C@@H]2O[C@H](CO)[C@@H](O)[C@H]2O)n1.Nc1ccn([C@H]2C=C[C@@H](CO)O2)c(=O)n1. The fourth-order valence-electron chi connectivity index (χ4n) is 2.98. The van der Waals surface area contributed by atoms with Gasteiger partial charge in [0.2, 0.25) is 5.82 Å². The molecule has 0 bridgehead atoms. The molecule has 15 nitrogen and oxygen atoms in total. The van der Waals surface area contributed by atoms with Gasteiger partial charge in [-0.15, -0.1) is 5.10 Å². The van der Waals surface area contributed by atoms with Crippen LogP contribution in [0, 0.1) is 0 Å². The van der Waals surface area contributed by atoms with Crippen molar-refractivity contribution in [1.82, 2.24) is 24.3 Å². The number of carbonyl (C=O) groups excluding carboxylic acids is 1. The molecule has 15 heteroatoms. The fourth-order valence-corrected chi connectivity index (χ4v) is 2.98. The van der Waals surface area contributed by atoms with Crippen LogP contribution >= 0.6 is 0 Å². The van der Waals surface area contributed by atoms with Gasteiger partial charge in [0.25, 0.3) is 5.91 Å². The Morgan fingerprint density at radius 1 is 1.16 bits per heavy atom. The van der Waals surface area contributed by atoms with Gasteiger partial charge in [0.05, 0.1) is 13.2 Å². The van der Waals surface area contributed by atoms with E-state index in [0.29, 0.717) is 0 Å². The first-order valence-electron chi connectivity index (χ1n) is 9.37. The van der Waals surface area contributed by atoms with E-state index in [1.165, 1.54) is 16.8 Å². The van der Waals surface area contributed by atoms with E-state index in [1.807, 2.05) is 0 Å². The summed E-state index contributed by atoms with van der Waals surface area (Å²) in [7, 11) is 0. The molecule has 4 heterocycles. The van der Waals surface area contributed by atoms with Crippen molar-refractivity contribution in [3.8, 4) is 0 Å². The third kappa shape index (κ3) is 4.98. The summed E-state index contributed by atoms with van der Waals surface area (Å²) in [6.45, 7) is -0.545. The Morgan fingerprint density at radius 2 is 1.91 bits per heavy atom. The molecule has 1 fully saturated rings. The molecule has 32 heavy (non-hydrogen) atoms. The minimum absolute atomic E-state index is 0.107. The summed E-state index contributed by atoms with van der Waals surface area (Å²) in [5, 5.41) is 40.6. The second-order valence-corrected chi connectivity index (χ2v) is 6.82. The van der Waals surface area contributed by atoms with Gasteiger partial charge in [-0.25, -0.2) is 14.5 Å². The summed E-state index contributed by atoms with van der Waals surface area (Å²) >= 11 is 0. The number of aliphatic hydroxyl groups is 4. The standard InChI is InChI=1S/C9H11N3O3.C8H12N4O5/c10-7-3-4-12(9(14)11-7)8-2-1-6(5-13)15-8;9-6(16)7-10-2-12(11-7)8-5(15)4(14)3(1-13)17-8/h1-4,6,8,13H,5H2,(H2,10,11,14);2-5,8,13-15H,1H2,(H2,9,16)/t6-,8+;3-,4-,5-,8-/m01/s1. The lowest BCUT2D eigenvalue weighted by molar-refractivity contribution is -0.0588. The number of amides is 1. The van der Waals surface area contributed by atoms with E-state index >= 15 is 0 Å². The van der Waals surface area contributed by atoms with Crippen molar-refractivity contribution >= 4 is 11.7 Å². The number of nitrogen functional groups attached to an aromatic ring is 1. The molecule has 0 spiro atoms. The van der Waals surface area contributed by atoms with E-state index in [4.69, 9.17) is 31.2 Å². The molecule has 1 amide bonds. The molecule has 2 aromatic rings. The first-order chi connectivity index (χ1) is 15.2. The van der Waals surface area contributed by atoms with Gasteiger partial charge < -0.3 is 41.4 Å². The molecule has 6 atom stereocenters. The van der Waals surface area contributed by atoms with E-state index in [1.54, 1.807) is 12.2 Å². The summed E-state index contributed by atoms with van der Waals surface area (Å²) in [6.07, 6.45) is 0.773. The number of anilines is 1. The van der Waals surface area contributed by atoms with Gasteiger partial charge >= 0.3 is 5.69 Å². The summed E-state index contributed by atoms with van der Waals surface area (Å²) in [5.74, 6) is -0.852. The number of nitrogens with two attached hydrogens (primary N) is 2. The normalized spacial score (nSPS) is 29.0. The van der Waals surface area contributed by atoms with Crippen molar-refractivity contribution in [2.75, 3.05) is 18.9 Å². The number of hydrogen-bond donors (Lipinski definition) is 6. The zero-order valence-corrected chi connectivity index (χ0v) is 16.6. The third-order valence-corrected chi connectivity index (χ3v) is 4.62. The monoisotopic (exact) mass is 453 g/mol. The summed E-state index contributed by atoms with van der Waals surface area (Å²) in [6, 6.07) is 1.52. The average molecular weight is 453 g/mol. The highest BCUT2D eigenvalue weighted by Gasteiger charge is 2.44. The molecule has 1 saturated heterocycles.